The number of thioether (sulfide) groups is 1. The van der Waals surface area contributed by atoms with Crippen LogP contribution < -0.4 is 10.6 Å². The molecule has 3 aromatic carbocycles. The Kier molecular flexibility index (Phi) is 6.01. The number of hydrogen-bond acceptors (Lipinski definition) is 4. The van der Waals surface area contributed by atoms with Crippen LogP contribution in [0.4, 0.5) is 10.1 Å². The maximum Gasteiger partial charge on any atom is 0.234 e. The molecule has 1 heterocycles. The van der Waals surface area contributed by atoms with Gasteiger partial charge in [0.1, 0.15) is 5.82 Å². The minimum Gasteiger partial charge on any atom is -0.325 e. The topological polar surface area (TPSA) is 82.0 Å². The Morgan fingerprint density at radius 1 is 1.13 bits per heavy atom. The van der Waals surface area contributed by atoms with E-state index in [0.29, 0.717) is 21.9 Å². The van der Waals surface area contributed by atoms with Crippen molar-refractivity contribution in [1.82, 2.24) is 5.32 Å². The number of hydrogen-bond donors (Lipinski definition) is 2. The molecule has 5 nitrogen and oxygen atoms in total. The lowest BCUT2D eigenvalue weighted by molar-refractivity contribution is -0.121. The van der Waals surface area contributed by atoms with Crippen LogP contribution in [0, 0.1) is 17.1 Å². The van der Waals surface area contributed by atoms with Crippen molar-refractivity contribution in [3.63, 3.8) is 0 Å². The van der Waals surface area contributed by atoms with E-state index in [1.165, 1.54) is 12.1 Å². The van der Waals surface area contributed by atoms with Gasteiger partial charge in [-0.1, -0.05) is 54.2 Å². The first-order valence-corrected chi connectivity index (χ1v) is 10.6. The Bertz CT molecular complexity index is 1230. The lowest BCUT2D eigenvalue weighted by Crippen LogP contribution is -2.31. The van der Waals surface area contributed by atoms with E-state index in [-0.39, 0.29) is 29.8 Å². The molecule has 0 saturated carbocycles. The first-order valence-electron chi connectivity index (χ1n) is 9.64. The summed E-state index contributed by atoms with van der Waals surface area (Å²) in [5.41, 5.74) is 1.73. The summed E-state index contributed by atoms with van der Waals surface area (Å²) in [5, 5.41) is 17.7. The number of allylic oxidation sites excluding steroid dienone is 1. The molecule has 1 aliphatic rings. The Morgan fingerprint density at radius 2 is 1.87 bits per heavy atom. The van der Waals surface area contributed by atoms with Gasteiger partial charge in [-0.3, -0.25) is 9.59 Å². The van der Waals surface area contributed by atoms with Crippen molar-refractivity contribution in [3.8, 4) is 6.07 Å². The van der Waals surface area contributed by atoms with Crippen molar-refractivity contribution >= 4 is 40.0 Å². The molecular weight excluding hydrogens is 413 g/mol. The van der Waals surface area contributed by atoms with E-state index in [1.807, 2.05) is 42.5 Å². The highest BCUT2D eigenvalue weighted by Crippen LogP contribution is 2.36. The molecule has 0 bridgehead atoms. The van der Waals surface area contributed by atoms with E-state index in [9.17, 15) is 19.2 Å². The fraction of sp³-hybridized carbons (Fsp3) is 0.125. The number of fused-ring (bicyclic) bond motifs is 1. The Hall–Kier alpha value is -3.63. The van der Waals surface area contributed by atoms with Gasteiger partial charge in [-0.25, -0.2) is 4.39 Å². The second-order valence-electron chi connectivity index (χ2n) is 7.11. The molecule has 31 heavy (non-hydrogen) atoms. The van der Waals surface area contributed by atoms with Crippen LogP contribution in [0.1, 0.15) is 17.9 Å². The summed E-state index contributed by atoms with van der Waals surface area (Å²) in [5.74, 6) is -1.31. The highest BCUT2D eigenvalue weighted by Gasteiger charge is 2.29. The van der Waals surface area contributed by atoms with Crippen LogP contribution in [-0.2, 0) is 9.59 Å². The Morgan fingerprint density at radius 3 is 2.61 bits per heavy atom. The van der Waals surface area contributed by atoms with Crippen molar-refractivity contribution in [3.05, 3.63) is 88.7 Å². The van der Waals surface area contributed by atoms with Crippen LogP contribution in [0.3, 0.4) is 0 Å². The second kappa shape index (κ2) is 9.02. The van der Waals surface area contributed by atoms with Gasteiger partial charge in [0.2, 0.25) is 11.8 Å². The minimum absolute atomic E-state index is 0.0315. The van der Waals surface area contributed by atoms with Crippen LogP contribution in [0.2, 0.25) is 0 Å². The standard InChI is InChI=1S/C24H18FN3O2S/c25-18-8-5-16(6-9-18)20-12-22(29)28-24(21(20)13-26)31-14-23(30)27-19-10-7-15-3-1-2-4-17(15)11-19/h1-11,20H,12,14H2,(H,27,30)(H,28,29). The van der Waals surface area contributed by atoms with E-state index < -0.39 is 5.92 Å². The van der Waals surface area contributed by atoms with Crippen LogP contribution in [0.15, 0.2) is 77.3 Å². The number of rotatable bonds is 5. The zero-order valence-corrected chi connectivity index (χ0v) is 17.2. The van der Waals surface area contributed by atoms with Gasteiger partial charge in [0, 0.05) is 18.0 Å². The number of amides is 2. The van der Waals surface area contributed by atoms with Gasteiger partial charge in [-0.15, -0.1) is 0 Å². The third-order valence-corrected chi connectivity index (χ3v) is 6.03. The summed E-state index contributed by atoms with van der Waals surface area (Å²) in [4.78, 5) is 24.7. The summed E-state index contributed by atoms with van der Waals surface area (Å²) in [6.45, 7) is 0. The molecule has 1 atom stereocenters. The third-order valence-electron chi connectivity index (χ3n) is 5.01. The molecule has 4 rings (SSSR count). The summed E-state index contributed by atoms with van der Waals surface area (Å²) >= 11 is 1.11. The molecule has 1 aliphatic heterocycles. The van der Waals surface area contributed by atoms with Gasteiger partial charge in [0.05, 0.1) is 22.4 Å². The van der Waals surface area contributed by atoms with Crippen molar-refractivity contribution in [2.75, 3.05) is 11.1 Å². The number of carbonyl (C=O) groups is 2. The molecule has 0 saturated heterocycles. The highest BCUT2D eigenvalue weighted by atomic mass is 32.2. The minimum atomic E-state index is -0.467. The van der Waals surface area contributed by atoms with E-state index in [0.717, 1.165) is 22.5 Å². The number of halogens is 1. The lowest BCUT2D eigenvalue weighted by atomic mass is 9.87. The number of carbonyl (C=O) groups excluding carboxylic acids is 2. The monoisotopic (exact) mass is 431 g/mol. The average Bonchev–Trinajstić information content (AvgIpc) is 2.77. The van der Waals surface area contributed by atoms with Crippen molar-refractivity contribution in [1.29, 1.82) is 5.26 Å². The summed E-state index contributed by atoms with van der Waals surface area (Å²) in [7, 11) is 0. The number of nitriles is 1. The number of anilines is 1. The average molecular weight is 431 g/mol. The fourth-order valence-electron chi connectivity index (χ4n) is 3.51. The highest BCUT2D eigenvalue weighted by molar-refractivity contribution is 8.03. The van der Waals surface area contributed by atoms with Gasteiger partial charge in [-0.05, 0) is 40.6 Å². The largest absolute Gasteiger partial charge is 0.325 e. The summed E-state index contributed by atoms with van der Waals surface area (Å²) in [6.07, 6.45) is 0.0991. The molecule has 2 amide bonds. The lowest BCUT2D eigenvalue weighted by Gasteiger charge is -2.25. The van der Waals surface area contributed by atoms with E-state index >= 15 is 0 Å². The SMILES string of the molecule is N#CC1=C(SCC(=O)Nc2ccc3ccccc3c2)NC(=O)CC1c1ccc(F)cc1. The zero-order valence-electron chi connectivity index (χ0n) is 16.4. The zero-order chi connectivity index (χ0) is 21.8. The molecule has 7 heteroatoms. The van der Waals surface area contributed by atoms with Crippen LogP contribution >= 0.6 is 11.8 Å². The predicted octanol–water partition coefficient (Wildman–Crippen LogP) is 4.69. The molecule has 0 radical (unpaired) electrons. The van der Waals surface area contributed by atoms with Gasteiger partial charge in [0.15, 0.2) is 0 Å². The predicted molar refractivity (Wildman–Crippen MR) is 120 cm³/mol. The van der Waals surface area contributed by atoms with Crippen LogP contribution in [-0.4, -0.2) is 17.6 Å². The first-order chi connectivity index (χ1) is 15.0. The third kappa shape index (κ3) is 4.76. The number of benzene rings is 3. The molecule has 0 fully saturated rings. The second-order valence-corrected chi connectivity index (χ2v) is 8.10. The molecule has 0 aliphatic carbocycles. The normalized spacial score (nSPS) is 16.0. The van der Waals surface area contributed by atoms with Crippen LogP contribution in [0.5, 0.6) is 0 Å². The number of nitrogens with zero attached hydrogens (tertiary/aromatic N) is 1. The molecular formula is C24H18FN3O2S. The molecule has 0 spiro atoms. The number of nitrogens with one attached hydrogen (secondary N) is 2. The van der Waals surface area contributed by atoms with E-state index in [1.54, 1.807) is 12.1 Å². The van der Waals surface area contributed by atoms with E-state index in [2.05, 4.69) is 16.7 Å². The molecule has 1 unspecified atom stereocenters. The maximum atomic E-state index is 13.3. The van der Waals surface area contributed by atoms with E-state index in [4.69, 9.17) is 0 Å². The fourth-order valence-corrected chi connectivity index (χ4v) is 4.39. The van der Waals surface area contributed by atoms with Gasteiger partial charge in [-0.2, -0.15) is 5.26 Å². The molecule has 154 valence electrons. The summed E-state index contributed by atoms with van der Waals surface area (Å²) < 4.78 is 13.3. The van der Waals surface area contributed by atoms with Gasteiger partial charge < -0.3 is 10.6 Å². The van der Waals surface area contributed by atoms with Crippen molar-refractivity contribution < 1.29 is 14.0 Å². The maximum absolute atomic E-state index is 13.3. The summed E-state index contributed by atoms with van der Waals surface area (Å²) in [6, 6.07) is 21.4. The molecule has 2 N–H and O–H groups in total. The van der Waals surface area contributed by atoms with Gasteiger partial charge >= 0.3 is 0 Å². The van der Waals surface area contributed by atoms with Crippen LogP contribution in [0.25, 0.3) is 10.8 Å². The Balaban J connectivity index is 1.48. The first kappa shape index (κ1) is 20.6. The molecule has 3 aromatic rings. The quantitative estimate of drug-likeness (QED) is 0.614. The molecule has 0 aromatic heterocycles. The Labute approximate surface area is 182 Å². The van der Waals surface area contributed by atoms with Crippen molar-refractivity contribution in [2.24, 2.45) is 0 Å². The van der Waals surface area contributed by atoms with Crippen molar-refractivity contribution in [2.45, 2.75) is 12.3 Å². The smallest absolute Gasteiger partial charge is 0.234 e. The van der Waals surface area contributed by atoms with Gasteiger partial charge in [0.25, 0.3) is 0 Å².